The first-order chi connectivity index (χ1) is 10.6. The summed E-state index contributed by atoms with van der Waals surface area (Å²) in [5.41, 5.74) is 1.25. The SMILES string of the molecule is CC(C)(Cc1ccccc1)c1nnnn1CC1CCNCC1. The average molecular weight is 299 g/mol. The standard InChI is InChI=1S/C17H25N5/c1-17(2,12-14-6-4-3-5-7-14)16-19-20-21-22(16)13-15-8-10-18-11-9-15/h3-7,15,18H,8-13H2,1-2H3. The van der Waals surface area contributed by atoms with Gasteiger partial charge in [0.1, 0.15) is 0 Å². The minimum atomic E-state index is -0.0717. The lowest BCUT2D eigenvalue weighted by molar-refractivity contribution is 0.303. The van der Waals surface area contributed by atoms with Gasteiger partial charge >= 0.3 is 0 Å². The minimum absolute atomic E-state index is 0.0717. The van der Waals surface area contributed by atoms with Gasteiger partial charge in [-0.25, -0.2) is 4.68 Å². The number of nitrogens with zero attached hydrogens (tertiary/aromatic N) is 4. The number of rotatable bonds is 5. The van der Waals surface area contributed by atoms with Gasteiger partial charge in [-0.1, -0.05) is 44.2 Å². The Morgan fingerprint density at radius 1 is 1.18 bits per heavy atom. The molecule has 1 N–H and O–H groups in total. The van der Waals surface area contributed by atoms with Crippen LogP contribution >= 0.6 is 0 Å². The number of nitrogens with one attached hydrogen (secondary N) is 1. The summed E-state index contributed by atoms with van der Waals surface area (Å²) in [5, 5.41) is 15.9. The second-order valence-electron chi connectivity index (χ2n) is 6.92. The van der Waals surface area contributed by atoms with E-state index in [1.165, 1.54) is 18.4 Å². The van der Waals surface area contributed by atoms with Gasteiger partial charge in [-0.3, -0.25) is 0 Å². The molecule has 22 heavy (non-hydrogen) atoms. The van der Waals surface area contributed by atoms with Crippen molar-refractivity contribution < 1.29 is 0 Å². The number of benzene rings is 1. The lowest BCUT2D eigenvalue weighted by Gasteiger charge is -2.26. The molecule has 1 fully saturated rings. The zero-order chi connectivity index (χ0) is 15.4. The van der Waals surface area contributed by atoms with Crippen LogP contribution in [-0.4, -0.2) is 33.3 Å². The Bertz CT molecular complexity index is 584. The third-order valence-electron chi connectivity index (χ3n) is 4.52. The van der Waals surface area contributed by atoms with Gasteiger partial charge < -0.3 is 5.32 Å². The maximum Gasteiger partial charge on any atom is 0.157 e. The van der Waals surface area contributed by atoms with Crippen LogP contribution in [0.5, 0.6) is 0 Å². The van der Waals surface area contributed by atoms with E-state index < -0.39 is 0 Å². The molecule has 0 radical (unpaired) electrons. The largest absolute Gasteiger partial charge is 0.317 e. The highest BCUT2D eigenvalue weighted by molar-refractivity contribution is 5.19. The summed E-state index contributed by atoms with van der Waals surface area (Å²) in [5.74, 6) is 1.67. The molecule has 3 rings (SSSR count). The number of hydrogen-bond donors (Lipinski definition) is 1. The molecule has 1 aliphatic heterocycles. The Morgan fingerprint density at radius 2 is 1.91 bits per heavy atom. The predicted molar refractivity (Wildman–Crippen MR) is 86.6 cm³/mol. The first-order valence-electron chi connectivity index (χ1n) is 8.16. The maximum absolute atomic E-state index is 4.34. The highest BCUT2D eigenvalue weighted by Gasteiger charge is 2.29. The van der Waals surface area contributed by atoms with Gasteiger partial charge in [0.2, 0.25) is 0 Å². The van der Waals surface area contributed by atoms with Crippen LogP contribution in [0, 0.1) is 5.92 Å². The summed E-state index contributed by atoms with van der Waals surface area (Å²) in [4.78, 5) is 0. The fraction of sp³-hybridized carbons (Fsp3) is 0.588. The molecule has 5 nitrogen and oxygen atoms in total. The number of hydrogen-bond acceptors (Lipinski definition) is 4. The van der Waals surface area contributed by atoms with Crippen LogP contribution in [0.25, 0.3) is 0 Å². The molecule has 0 bridgehead atoms. The quantitative estimate of drug-likeness (QED) is 0.919. The maximum atomic E-state index is 4.34. The third-order valence-corrected chi connectivity index (χ3v) is 4.52. The molecule has 118 valence electrons. The van der Waals surface area contributed by atoms with E-state index in [-0.39, 0.29) is 5.41 Å². The van der Waals surface area contributed by atoms with E-state index in [9.17, 15) is 0 Å². The fourth-order valence-corrected chi connectivity index (χ4v) is 3.31. The van der Waals surface area contributed by atoms with E-state index in [1.807, 2.05) is 4.68 Å². The monoisotopic (exact) mass is 299 g/mol. The topological polar surface area (TPSA) is 55.6 Å². The van der Waals surface area contributed by atoms with Crippen LogP contribution in [-0.2, 0) is 18.4 Å². The minimum Gasteiger partial charge on any atom is -0.317 e. The zero-order valence-electron chi connectivity index (χ0n) is 13.5. The van der Waals surface area contributed by atoms with Crippen molar-refractivity contribution in [2.24, 2.45) is 5.92 Å². The van der Waals surface area contributed by atoms with E-state index in [1.54, 1.807) is 0 Å². The molecule has 5 heteroatoms. The van der Waals surface area contributed by atoms with Crippen molar-refractivity contribution in [3.63, 3.8) is 0 Å². The van der Waals surface area contributed by atoms with Crippen molar-refractivity contribution in [2.45, 2.75) is 45.1 Å². The summed E-state index contributed by atoms with van der Waals surface area (Å²) in [6, 6.07) is 10.6. The van der Waals surface area contributed by atoms with E-state index in [2.05, 4.69) is 65.0 Å². The Morgan fingerprint density at radius 3 is 2.64 bits per heavy atom. The molecule has 1 saturated heterocycles. The Balaban J connectivity index is 1.74. The van der Waals surface area contributed by atoms with Gasteiger partial charge in [0, 0.05) is 12.0 Å². The van der Waals surface area contributed by atoms with Crippen molar-refractivity contribution >= 4 is 0 Å². The molecule has 1 aliphatic rings. The van der Waals surface area contributed by atoms with Crippen molar-refractivity contribution in [1.29, 1.82) is 0 Å². The van der Waals surface area contributed by atoms with Gasteiger partial charge in [-0.05, 0) is 54.3 Å². The van der Waals surface area contributed by atoms with E-state index in [0.717, 1.165) is 31.9 Å². The molecular formula is C17H25N5. The highest BCUT2D eigenvalue weighted by Crippen LogP contribution is 2.26. The molecule has 0 aliphatic carbocycles. The molecular weight excluding hydrogens is 274 g/mol. The van der Waals surface area contributed by atoms with E-state index in [0.29, 0.717) is 5.92 Å². The number of tetrazole rings is 1. The lowest BCUT2D eigenvalue weighted by Crippen LogP contribution is -2.32. The average Bonchev–Trinajstić information content (AvgIpc) is 2.98. The summed E-state index contributed by atoms with van der Waals surface area (Å²) in [7, 11) is 0. The van der Waals surface area contributed by atoms with Crippen molar-refractivity contribution in [3.8, 4) is 0 Å². The molecule has 2 heterocycles. The fourth-order valence-electron chi connectivity index (χ4n) is 3.31. The van der Waals surface area contributed by atoms with Gasteiger partial charge in [0.05, 0.1) is 0 Å². The second-order valence-corrected chi connectivity index (χ2v) is 6.92. The molecule has 0 spiro atoms. The van der Waals surface area contributed by atoms with Gasteiger partial charge in [0.25, 0.3) is 0 Å². The third kappa shape index (κ3) is 3.53. The van der Waals surface area contributed by atoms with Crippen molar-refractivity contribution in [1.82, 2.24) is 25.5 Å². The molecule has 2 aromatic rings. The lowest BCUT2D eigenvalue weighted by atomic mass is 9.84. The summed E-state index contributed by atoms with van der Waals surface area (Å²) < 4.78 is 2.03. The molecule has 1 aromatic heterocycles. The van der Waals surface area contributed by atoms with Crippen molar-refractivity contribution in [3.05, 3.63) is 41.7 Å². The smallest absolute Gasteiger partial charge is 0.157 e. The zero-order valence-corrected chi connectivity index (χ0v) is 13.5. The van der Waals surface area contributed by atoms with Crippen LogP contribution in [0.15, 0.2) is 30.3 Å². The van der Waals surface area contributed by atoms with Gasteiger partial charge in [-0.15, -0.1) is 5.10 Å². The second kappa shape index (κ2) is 6.57. The number of aromatic nitrogens is 4. The summed E-state index contributed by atoms with van der Waals surface area (Å²) in [6.45, 7) is 7.60. The van der Waals surface area contributed by atoms with Gasteiger partial charge in [0.15, 0.2) is 5.82 Å². The Labute approximate surface area is 132 Å². The first kappa shape index (κ1) is 15.2. The van der Waals surface area contributed by atoms with Gasteiger partial charge in [-0.2, -0.15) is 0 Å². The van der Waals surface area contributed by atoms with Crippen LogP contribution in [0.4, 0.5) is 0 Å². The normalized spacial score (nSPS) is 16.8. The van der Waals surface area contributed by atoms with Crippen molar-refractivity contribution in [2.75, 3.05) is 13.1 Å². The first-order valence-corrected chi connectivity index (χ1v) is 8.16. The van der Waals surface area contributed by atoms with Crippen LogP contribution in [0.3, 0.4) is 0 Å². The molecule has 1 aromatic carbocycles. The summed E-state index contributed by atoms with van der Waals surface area (Å²) >= 11 is 0. The van der Waals surface area contributed by atoms with Crippen LogP contribution < -0.4 is 5.32 Å². The Hall–Kier alpha value is -1.75. The molecule has 0 saturated carbocycles. The molecule has 0 unspecified atom stereocenters. The Kier molecular flexibility index (Phi) is 4.52. The highest BCUT2D eigenvalue weighted by atomic mass is 15.5. The van der Waals surface area contributed by atoms with Crippen LogP contribution in [0.2, 0.25) is 0 Å². The van der Waals surface area contributed by atoms with E-state index >= 15 is 0 Å². The number of piperidine rings is 1. The predicted octanol–water partition coefficient (Wildman–Crippen LogP) is 2.19. The summed E-state index contributed by atoms with van der Waals surface area (Å²) in [6.07, 6.45) is 3.36. The molecule has 0 atom stereocenters. The molecule has 0 amide bonds. The van der Waals surface area contributed by atoms with Crippen LogP contribution in [0.1, 0.15) is 38.1 Å². The van der Waals surface area contributed by atoms with E-state index in [4.69, 9.17) is 0 Å².